The van der Waals surface area contributed by atoms with Crippen LogP contribution in [-0.4, -0.2) is 5.11 Å². The van der Waals surface area contributed by atoms with Gasteiger partial charge >= 0.3 is 0 Å². The molecule has 126 valence electrons. The Balaban J connectivity index is 1.51. The number of anilines is 1. The van der Waals surface area contributed by atoms with E-state index in [0.717, 1.165) is 10.2 Å². The largest absolute Gasteiger partial charge is 0.358 e. The molecule has 2 N–H and O–H groups in total. The second-order valence-corrected chi connectivity index (χ2v) is 7.84. The molecular weight excluding hydrogens is 412 g/mol. The number of benzene rings is 3. The average Bonchev–Trinajstić information content (AvgIpc) is 2.64. The first kappa shape index (κ1) is 18.0. The molecule has 0 aliphatic heterocycles. The van der Waals surface area contributed by atoms with Gasteiger partial charge in [0.25, 0.3) is 0 Å². The molecule has 0 unspecified atom stereocenters. The first-order chi connectivity index (χ1) is 12.2. The van der Waals surface area contributed by atoms with Crippen molar-refractivity contribution in [1.82, 2.24) is 5.32 Å². The van der Waals surface area contributed by atoms with Crippen LogP contribution in [0, 0.1) is 0 Å². The minimum absolute atomic E-state index is 0.622. The van der Waals surface area contributed by atoms with Crippen LogP contribution in [0.2, 0.25) is 0 Å². The normalized spacial score (nSPS) is 10.3. The fourth-order valence-corrected chi connectivity index (χ4v) is 3.47. The predicted molar refractivity (Wildman–Crippen MR) is 114 cm³/mol. The zero-order valence-electron chi connectivity index (χ0n) is 13.4. The lowest BCUT2D eigenvalue weighted by Gasteiger charge is -2.11. The molecule has 0 aromatic heterocycles. The van der Waals surface area contributed by atoms with Gasteiger partial charge < -0.3 is 10.6 Å². The van der Waals surface area contributed by atoms with E-state index in [0.29, 0.717) is 11.7 Å². The van der Waals surface area contributed by atoms with Crippen molar-refractivity contribution >= 4 is 50.7 Å². The van der Waals surface area contributed by atoms with Crippen LogP contribution in [0.5, 0.6) is 0 Å². The van der Waals surface area contributed by atoms with E-state index in [1.54, 1.807) is 11.8 Å². The van der Waals surface area contributed by atoms with Crippen molar-refractivity contribution < 1.29 is 0 Å². The first-order valence-corrected chi connectivity index (χ1v) is 9.83. The van der Waals surface area contributed by atoms with E-state index in [9.17, 15) is 0 Å². The third kappa shape index (κ3) is 5.88. The highest BCUT2D eigenvalue weighted by molar-refractivity contribution is 9.10. The van der Waals surface area contributed by atoms with Gasteiger partial charge in [0.2, 0.25) is 0 Å². The summed E-state index contributed by atoms with van der Waals surface area (Å²) in [5, 5.41) is 7.06. The first-order valence-electron chi connectivity index (χ1n) is 7.81. The third-order valence-corrected chi connectivity index (χ3v) is 5.25. The SMILES string of the molecule is S=C(NCc1ccccc1)Nc1ccc(Sc2ccc(Br)cc2)cc1. The van der Waals surface area contributed by atoms with Gasteiger partial charge in [-0.3, -0.25) is 0 Å². The number of hydrogen-bond donors (Lipinski definition) is 2. The van der Waals surface area contributed by atoms with Gasteiger partial charge in [0.1, 0.15) is 0 Å². The molecule has 3 aromatic rings. The molecule has 0 atom stereocenters. The molecule has 0 spiro atoms. The molecule has 0 bridgehead atoms. The monoisotopic (exact) mass is 428 g/mol. The van der Waals surface area contributed by atoms with E-state index in [2.05, 4.69) is 75.1 Å². The van der Waals surface area contributed by atoms with Crippen LogP contribution in [0.1, 0.15) is 5.56 Å². The molecule has 2 nitrogen and oxygen atoms in total. The quantitative estimate of drug-likeness (QED) is 0.480. The van der Waals surface area contributed by atoms with Crippen molar-refractivity contribution in [3.63, 3.8) is 0 Å². The van der Waals surface area contributed by atoms with Crippen LogP contribution in [0.25, 0.3) is 0 Å². The van der Waals surface area contributed by atoms with Crippen LogP contribution >= 0.6 is 39.9 Å². The van der Waals surface area contributed by atoms with Gasteiger partial charge in [-0.1, -0.05) is 58.0 Å². The molecule has 0 aliphatic carbocycles. The summed E-state index contributed by atoms with van der Waals surface area (Å²) in [6.07, 6.45) is 0. The van der Waals surface area contributed by atoms with Crippen LogP contribution in [0.15, 0.2) is 93.1 Å². The number of hydrogen-bond acceptors (Lipinski definition) is 2. The van der Waals surface area contributed by atoms with Gasteiger partial charge in [-0.2, -0.15) is 0 Å². The van der Waals surface area contributed by atoms with E-state index in [-0.39, 0.29) is 0 Å². The van der Waals surface area contributed by atoms with Gasteiger partial charge in [0.05, 0.1) is 0 Å². The topological polar surface area (TPSA) is 24.1 Å². The van der Waals surface area contributed by atoms with Crippen LogP contribution < -0.4 is 10.6 Å². The van der Waals surface area contributed by atoms with Gasteiger partial charge in [-0.15, -0.1) is 0 Å². The molecule has 0 radical (unpaired) electrons. The van der Waals surface area contributed by atoms with Gasteiger partial charge in [0, 0.05) is 26.5 Å². The van der Waals surface area contributed by atoms with E-state index in [1.165, 1.54) is 15.4 Å². The number of thiocarbonyl (C=S) groups is 1. The molecule has 3 aromatic carbocycles. The third-order valence-electron chi connectivity index (χ3n) is 3.46. The van der Waals surface area contributed by atoms with Crippen molar-refractivity contribution in [2.45, 2.75) is 16.3 Å². The lowest BCUT2D eigenvalue weighted by molar-refractivity contribution is 0.926. The summed E-state index contributed by atoms with van der Waals surface area (Å²) in [7, 11) is 0. The molecule has 0 amide bonds. The van der Waals surface area contributed by atoms with Crippen LogP contribution in [0.4, 0.5) is 5.69 Å². The predicted octanol–water partition coefficient (Wildman–Crippen LogP) is 6.09. The van der Waals surface area contributed by atoms with Crippen molar-refractivity contribution in [3.8, 4) is 0 Å². The standard InChI is InChI=1S/C20H17BrN2S2/c21-16-6-10-18(11-7-16)25-19-12-8-17(9-13-19)23-20(24)22-14-15-4-2-1-3-5-15/h1-13H,14H2,(H2,22,23,24). The Morgan fingerprint density at radius 3 is 2.08 bits per heavy atom. The zero-order valence-corrected chi connectivity index (χ0v) is 16.6. The minimum Gasteiger partial charge on any atom is -0.358 e. The maximum Gasteiger partial charge on any atom is 0.171 e. The average molecular weight is 429 g/mol. The number of halogens is 1. The van der Waals surface area contributed by atoms with Gasteiger partial charge in [-0.25, -0.2) is 0 Å². The Morgan fingerprint density at radius 2 is 1.44 bits per heavy atom. The fourth-order valence-electron chi connectivity index (χ4n) is 2.20. The van der Waals surface area contributed by atoms with Gasteiger partial charge in [0.15, 0.2) is 5.11 Å². The molecule has 5 heteroatoms. The Kier molecular flexibility index (Phi) is 6.50. The summed E-state index contributed by atoms with van der Waals surface area (Å²) in [4.78, 5) is 2.40. The summed E-state index contributed by atoms with van der Waals surface area (Å²) in [6, 6.07) is 26.8. The highest BCUT2D eigenvalue weighted by Gasteiger charge is 2.01. The molecule has 0 aliphatic rings. The number of rotatable bonds is 5. The van der Waals surface area contributed by atoms with E-state index >= 15 is 0 Å². The molecule has 0 heterocycles. The fraction of sp³-hybridized carbons (Fsp3) is 0.0500. The van der Waals surface area contributed by atoms with Crippen LogP contribution in [0.3, 0.4) is 0 Å². The number of nitrogens with one attached hydrogen (secondary N) is 2. The maximum atomic E-state index is 5.35. The molecular formula is C20H17BrN2S2. The highest BCUT2D eigenvalue weighted by Crippen LogP contribution is 2.29. The molecule has 0 saturated carbocycles. The maximum absolute atomic E-state index is 5.35. The Bertz CT molecular complexity index is 819. The molecule has 3 rings (SSSR count). The summed E-state index contributed by atoms with van der Waals surface area (Å²) >= 11 is 10.5. The van der Waals surface area contributed by atoms with Gasteiger partial charge in [-0.05, 0) is 66.3 Å². The minimum atomic E-state index is 0.622. The second kappa shape index (κ2) is 9.04. The summed E-state index contributed by atoms with van der Waals surface area (Å²) in [5.41, 5.74) is 2.18. The highest BCUT2D eigenvalue weighted by atomic mass is 79.9. The van der Waals surface area contributed by atoms with E-state index in [1.807, 2.05) is 30.3 Å². The molecule has 0 saturated heterocycles. The Morgan fingerprint density at radius 1 is 0.840 bits per heavy atom. The van der Waals surface area contributed by atoms with Crippen molar-refractivity contribution in [3.05, 3.63) is 88.9 Å². The van der Waals surface area contributed by atoms with Crippen molar-refractivity contribution in [2.75, 3.05) is 5.32 Å². The summed E-state index contributed by atoms with van der Waals surface area (Å²) in [5.74, 6) is 0. The lowest BCUT2D eigenvalue weighted by atomic mass is 10.2. The Hall–Kier alpha value is -1.82. The Labute approximate surface area is 166 Å². The smallest absolute Gasteiger partial charge is 0.171 e. The van der Waals surface area contributed by atoms with E-state index in [4.69, 9.17) is 12.2 Å². The van der Waals surface area contributed by atoms with Crippen molar-refractivity contribution in [2.24, 2.45) is 0 Å². The molecule has 25 heavy (non-hydrogen) atoms. The summed E-state index contributed by atoms with van der Waals surface area (Å²) < 4.78 is 1.09. The van der Waals surface area contributed by atoms with Crippen LogP contribution in [-0.2, 0) is 6.54 Å². The summed E-state index contributed by atoms with van der Waals surface area (Å²) in [6.45, 7) is 0.712. The molecule has 0 fully saturated rings. The lowest BCUT2D eigenvalue weighted by Crippen LogP contribution is -2.27. The van der Waals surface area contributed by atoms with Crippen molar-refractivity contribution in [1.29, 1.82) is 0 Å². The second-order valence-electron chi connectivity index (χ2n) is 5.37. The van der Waals surface area contributed by atoms with E-state index < -0.39 is 0 Å². The zero-order chi connectivity index (χ0) is 17.5.